The Kier molecular flexibility index (Phi) is 6.11. The van der Waals surface area contributed by atoms with Crippen molar-refractivity contribution in [3.05, 3.63) is 59.9 Å². The maximum atomic E-state index is 14.1. The van der Waals surface area contributed by atoms with Gasteiger partial charge in [-0.3, -0.25) is 0 Å². The number of nitrogens with zero attached hydrogens (tertiary/aromatic N) is 1. The lowest BCUT2D eigenvalue weighted by Crippen LogP contribution is -2.09. The Balaban J connectivity index is 2.04. The number of aromatic nitrogens is 1. The second kappa shape index (κ2) is 8.53. The van der Waals surface area contributed by atoms with E-state index in [0.717, 1.165) is 5.56 Å². The van der Waals surface area contributed by atoms with Crippen LogP contribution in [0.2, 0.25) is 0 Å². The molecule has 0 saturated heterocycles. The number of hydrogen-bond donors (Lipinski definition) is 1. The molecule has 0 aliphatic carbocycles. The average Bonchev–Trinajstić information content (AvgIpc) is 3.11. The van der Waals surface area contributed by atoms with E-state index in [1.54, 1.807) is 25.3 Å². The van der Waals surface area contributed by atoms with Crippen LogP contribution in [0, 0.1) is 12.7 Å². The van der Waals surface area contributed by atoms with Crippen molar-refractivity contribution in [3.8, 4) is 11.5 Å². The molecule has 28 heavy (non-hydrogen) atoms. The SMILES string of the molecule is COCCCNc1oc(-c2ccccc2F)nc1S(=O)(=O)c1ccc(C)cc1. The third-order valence-electron chi connectivity index (χ3n) is 4.10. The molecule has 3 aromatic rings. The number of anilines is 1. The summed E-state index contributed by atoms with van der Waals surface area (Å²) in [5.74, 6) is -0.665. The molecular weight excluding hydrogens is 383 g/mol. The van der Waals surface area contributed by atoms with E-state index in [9.17, 15) is 12.8 Å². The molecule has 1 aromatic heterocycles. The predicted octanol–water partition coefficient (Wildman–Crippen LogP) is 4.07. The molecule has 0 atom stereocenters. The van der Waals surface area contributed by atoms with Gasteiger partial charge in [0.1, 0.15) is 5.82 Å². The fourth-order valence-corrected chi connectivity index (χ4v) is 3.88. The number of benzene rings is 2. The summed E-state index contributed by atoms with van der Waals surface area (Å²) in [6.07, 6.45) is 0.635. The maximum absolute atomic E-state index is 14.1. The second-order valence-corrected chi connectivity index (χ2v) is 8.09. The zero-order valence-corrected chi connectivity index (χ0v) is 16.4. The van der Waals surface area contributed by atoms with Gasteiger partial charge in [-0.2, -0.15) is 4.98 Å². The van der Waals surface area contributed by atoms with Crippen molar-refractivity contribution in [2.45, 2.75) is 23.3 Å². The van der Waals surface area contributed by atoms with Crippen molar-refractivity contribution in [2.75, 3.05) is 25.6 Å². The van der Waals surface area contributed by atoms with Gasteiger partial charge in [0, 0.05) is 20.3 Å². The zero-order chi connectivity index (χ0) is 20.1. The molecule has 1 heterocycles. The minimum absolute atomic E-state index is 0.0186. The Hall–Kier alpha value is -2.71. The van der Waals surface area contributed by atoms with Crippen LogP contribution in [0.1, 0.15) is 12.0 Å². The molecule has 0 aliphatic rings. The van der Waals surface area contributed by atoms with Crippen LogP contribution in [-0.2, 0) is 14.6 Å². The molecule has 0 aliphatic heterocycles. The first-order valence-corrected chi connectivity index (χ1v) is 10.2. The topological polar surface area (TPSA) is 81.4 Å². The number of ether oxygens (including phenoxy) is 1. The highest BCUT2D eigenvalue weighted by atomic mass is 32.2. The summed E-state index contributed by atoms with van der Waals surface area (Å²) in [5.41, 5.74) is 1.02. The lowest BCUT2D eigenvalue weighted by atomic mass is 10.2. The standard InChI is InChI=1S/C20H21FN2O4S/c1-14-8-10-15(11-9-14)28(24,25)20-19(22-12-5-13-26-2)27-18(23-20)16-6-3-4-7-17(16)21/h3-4,6-11,22H,5,12-13H2,1-2H3. The average molecular weight is 404 g/mol. The van der Waals surface area contributed by atoms with Crippen molar-refractivity contribution < 1.29 is 22.0 Å². The lowest BCUT2D eigenvalue weighted by Gasteiger charge is -2.06. The van der Waals surface area contributed by atoms with Crippen LogP contribution in [0.3, 0.4) is 0 Å². The number of nitrogens with one attached hydrogen (secondary N) is 1. The minimum atomic E-state index is -3.95. The van der Waals surface area contributed by atoms with E-state index < -0.39 is 15.7 Å². The third-order valence-corrected chi connectivity index (χ3v) is 5.78. The number of aryl methyl sites for hydroxylation is 1. The first-order valence-electron chi connectivity index (χ1n) is 8.74. The van der Waals surface area contributed by atoms with Gasteiger partial charge in [0.05, 0.1) is 10.5 Å². The zero-order valence-electron chi connectivity index (χ0n) is 15.6. The molecule has 3 rings (SSSR count). The van der Waals surface area contributed by atoms with E-state index >= 15 is 0 Å². The molecule has 0 spiro atoms. The van der Waals surface area contributed by atoms with Crippen molar-refractivity contribution >= 4 is 15.7 Å². The quantitative estimate of drug-likeness (QED) is 0.570. The van der Waals surface area contributed by atoms with Crippen molar-refractivity contribution in [1.82, 2.24) is 4.98 Å². The molecule has 0 bridgehead atoms. The Morgan fingerprint density at radius 1 is 1.14 bits per heavy atom. The minimum Gasteiger partial charge on any atom is -0.419 e. The monoisotopic (exact) mass is 404 g/mol. The summed E-state index contributed by atoms with van der Waals surface area (Å²) < 4.78 is 51.0. The summed E-state index contributed by atoms with van der Waals surface area (Å²) in [6, 6.07) is 12.3. The van der Waals surface area contributed by atoms with Gasteiger partial charge in [-0.25, -0.2) is 12.8 Å². The van der Waals surface area contributed by atoms with Gasteiger partial charge in [0.2, 0.25) is 26.6 Å². The molecule has 8 heteroatoms. The molecule has 148 valence electrons. The third kappa shape index (κ3) is 4.23. The van der Waals surface area contributed by atoms with E-state index in [1.165, 1.54) is 30.3 Å². The molecule has 0 amide bonds. The number of halogens is 1. The van der Waals surface area contributed by atoms with Crippen LogP contribution in [0.15, 0.2) is 62.9 Å². The van der Waals surface area contributed by atoms with Crippen LogP contribution in [-0.4, -0.2) is 33.7 Å². The van der Waals surface area contributed by atoms with Gasteiger partial charge < -0.3 is 14.5 Å². The smallest absolute Gasteiger partial charge is 0.233 e. The second-order valence-electron chi connectivity index (χ2n) is 6.22. The summed E-state index contributed by atoms with van der Waals surface area (Å²) in [6.45, 7) is 2.78. The first kappa shape index (κ1) is 20.0. The van der Waals surface area contributed by atoms with Gasteiger partial charge >= 0.3 is 0 Å². The highest BCUT2D eigenvalue weighted by Gasteiger charge is 2.29. The molecule has 0 fully saturated rings. The number of rotatable bonds is 8. The van der Waals surface area contributed by atoms with E-state index in [2.05, 4.69) is 10.3 Å². The molecular formula is C20H21FN2O4S. The molecule has 2 aromatic carbocycles. The van der Waals surface area contributed by atoms with Gasteiger partial charge in [0.15, 0.2) is 0 Å². The van der Waals surface area contributed by atoms with Crippen LogP contribution in [0.5, 0.6) is 0 Å². The molecule has 0 saturated carbocycles. The number of sulfone groups is 1. The fourth-order valence-electron chi connectivity index (χ4n) is 2.60. The molecule has 0 unspecified atom stereocenters. The van der Waals surface area contributed by atoms with E-state index in [-0.39, 0.29) is 27.3 Å². The summed E-state index contributed by atoms with van der Waals surface area (Å²) >= 11 is 0. The van der Waals surface area contributed by atoms with E-state index in [0.29, 0.717) is 19.6 Å². The van der Waals surface area contributed by atoms with Crippen LogP contribution < -0.4 is 5.32 Å². The highest BCUT2D eigenvalue weighted by molar-refractivity contribution is 7.91. The number of oxazole rings is 1. The van der Waals surface area contributed by atoms with E-state index in [4.69, 9.17) is 9.15 Å². The summed E-state index contributed by atoms with van der Waals surface area (Å²) in [7, 11) is -2.37. The van der Waals surface area contributed by atoms with Gasteiger partial charge in [-0.15, -0.1) is 0 Å². The van der Waals surface area contributed by atoms with Gasteiger partial charge in [-0.1, -0.05) is 29.8 Å². The highest BCUT2D eigenvalue weighted by Crippen LogP contribution is 2.33. The van der Waals surface area contributed by atoms with Crippen molar-refractivity contribution in [2.24, 2.45) is 0 Å². The normalized spacial score (nSPS) is 11.5. The fraction of sp³-hybridized carbons (Fsp3) is 0.250. The van der Waals surface area contributed by atoms with Crippen LogP contribution in [0.25, 0.3) is 11.5 Å². The van der Waals surface area contributed by atoms with Crippen LogP contribution in [0.4, 0.5) is 10.3 Å². The van der Waals surface area contributed by atoms with Gasteiger partial charge in [0.25, 0.3) is 0 Å². The lowest BCUT2D eigenvalue weighted by molar-refractivity contribution is 0.197. The summed E-state index contributed by atoms with van der Waals surface area (Å²) in [5, 5.41) is 2.66. The Bertz CT molecular complexity index is 1050. The largest absolute Gasteiger partial charge is 0.419 e. The van der Waals surface area contributed by atoms with Crippen LogP contribution >= 0.6 is 0 Å². The number of methoxy groups -OCH3 is 1. The Morgan fingerprint density at radius 3 is 2.54 bits per heavy atom. The number of hydrogen-bond acceptors (Lipinski definition) is 6. The molecule has 0 radical (unpaired) electrons. The van der Waals surface area contributed by atoms with Crippen molar-refractivity contribution in [1.29, 1.82) is 0 Å². The van der Waals surface area contributed by atoms with Crippen molar-refractivity contribution in [3.63, 3.8) is 0 Å². The Morgan fingerprint density at radius 2 is 1.86 bits per heavy atom. The van der Waals surface area contributed by atoms with E-state index in [1.807, 2.05) is 6.92 Å². The Labute approximate surface area is 163 Å². The molecule has 1 N–H and O–H groups in total. The van der Waals surface area contributed by atoms with Gasteiger partial charge in [-0.05, 0) is 37.6 Å². The molecule has 6 nitrogen and oxygen atoms in total. The predicted molar refractivity (Wildman–Crippen MR) is 104 cm³/mol. The first-order chi connectivity index (χ1) is 13.4. The summed E-state index contributed by atoms with van der Waals surface area (Å²) in [4.78, 5) is 4.21. The maximum Gasteiger partial charge on any atom is 0.233 e.